The van der Waals surface area contributed by atoms with Crippen LogP contribution in [0.25, 0.3) is 0 Å². The van der Waals surface area contributed by atoms with Crippen molar-refractivity contribution in [1.29, 1.82) is 0 Å². The fourth-order valence-electron chi connectivity index (χ4n) is 1.04. The Labute approximate surface area is 94.9 Å². The van der Waals surface area contributed by atoms with Gasteiger partial charge in [0.1, 0.15) is 5.75 Å². The standard InChI is InChI=1S/C11H17NO2S/c1-8(13-2)7-15-11-6-9(14-3)4-5-10(11)12/h4-6,8H,7,12H2,1-3H3. The third-order valence-electron chi connectivity index (χ3n) is 2.10. The number of hydrogen-bond donors (Lipinski definition) is 1. The molecule has 1 rings (SSSR count). The lowest BCUT2D eigenvalue weighted by Crippen LogP contribution is -2.07. The molecule has 15 heavy (non-hydrogen) atoms. The van der Waals surface area contributed by atoms with E-state index in [0.717, 1.165) is 22.1 Å². The van der Waals surface area contributed by atoms with Crippen LogP contribution in [0.4, 0.5) is 5.69 Å². The van der Waals surface area contributed by atoms with E-state index in [1.165, 1.54) is 0 Å². The molecule has 1 unspecified atom stereocenters. The van der Waals surface area contributed by atoms with Crippen molar-refractivity contribution in [2.24, 2.45) is 0 Å². The van der Waals surface area contributed by atoms with Crippen molar-refractivity contribution in [1.82, 2.24) is 0 Å². The first-order valence-electron chi connectivity index (χ1n) is 4.76. The largest absolute Gasteiger partial charge is 0.497 e. The van der Waals surface area contributed by atoms with E-state index in [2.05, 4.69) is 0 Å². The number of thioether (sulfide) groups is 1. The number of nitrogen functional groups attached to an aromatic ring is 1. The Balaban J connectivity index is 2.66. The minimum Gasteiger partial charge on any atom is -0.497 e. The first-order chi connectivity index (χ1) is 7.17. The zero-order valence-electron chi connectivity index (χ0n) is 9.32. The molecular formula is C11H17NO2S. The topological polar surface area (TPSA) is 44.5 Å². The molecule has 0 aromatic heterocycles. The van der Waals surface area contributed by atoms with Crippen LogP contribution in [-0.2, 0) is 4.74 Å². The van der Waals surface area contributed by atoms with Crippen molar-refractivity contribution in [2.45, 2.75) is 17.9 Å². The van der Waals surface area contributed by atoms with E-state index < -0.39 is 0 Å². The van der Waals surface area contributed by atoms with Crippen LogP contribution >= 0.6 is 11.8 Å². The van der Waals surface area contributed by atoms with Gasteiger partial charge in [0.15, 0.2) is 0 Å². The van der Waals surface area contributed by atoms with Crippen LogP contribution in [0, 0.1) is 0 Å². The Morgan fingerprint density at radius 3 is 2.73 bits per heavy atom. The Morgan fingerprint density at radius 1 is 1.40 bits per heavy atom. The Bertz CT molecular complexity index is 317. The summed E-state index contributed by atoms with van der Waals surface area (Å²) in [5, 5.41) is 0. The summed E-state index contributed by atoms with van der Waals surface area (Å²) >= 11 is 1.68. The van der Waals surface area contributed by atoms with E-state index in [-0.39, 0.29) is 6.10 Å². The third kappa shape index (κ3) is 3.64. The average molecular weight is 227 g/mol. The highest BCUT2D eigenvalue weighted by Gasteiger charge is 2.05. The molecule has 0 heterocycles. The maximum Gasteiger partial charge on any atom is 0.120 e. The molecule has 0 amide bonds. The zero-order chi connectivity index (χ0) is 11.3. The highest BCUT2D eigenvalue weighted by atomic mass is 32.2. The van der Waals surface area contributed by atoms with Gasteiger partial charge in [-0.05, 0) is 25.1 Å². The first kappa shape index (κ1) is 12.2. The van der Waals surface area contributed by atoms with Crippen molar-refractivity contribution < 1.29 is 9.47 Å². The molecule has 0 aliphatic carbocycles. The summed E-state index contributed by atoms with van der Waals surface area (Å²) in [5.41, 5.74) is 6.64. The van der Waals surface area contributed by atoms with Gasteiger partial charge < -0.3 is 15.2 Å². The van der Waals surface area contributed by atoms with Gasteiger partial charge >= 0.3 is 0 Å². The van der Waals surface area contributed by atoms with Gasteiger partial charge in [-0.3, -0.25) is 0 Å². The second kappa shape index (κ2) is 5.88. The van der Waals surface area contributed by atoms with Crippen LogP contribution in [0.2, 0.25) is 0 Å². The summed E-state index contributed by atoms with van der Waals surface area (Å²) in [4.78, 5) is 1.04. The molecule has 0 radical (unpaired) electrons. The van der Waals surface area contributed by atoms with E-state index in [1.54, 1.807) is 26.0 Å². The number of nitrogens with two attached hydrogens (primary N) is 1. The molecule has 0 bridgehead atoms. The predicted octanol–water partition coefficient (Wildman–Crippen LogP) is 2.40. The van der Waals surface area contributed by atoms with E-state index in [4.69, 9.17) is 15.2 Å². The van der Waals surface area contributed by atoms with Gasteiger partial charge in [0, 0.05) is 23.4 Å². The van der Waals surface area contributed by atoms with Gasteiger partial charge in [-0.15, -0.1) is 11.8 Å². The summed E-state index contributed by atoms with van der Waals surface area (Å²) < 4.78 is 10.3. The van der Waals surface area contributed by atoms with Gasteiger partial charge in [0.05, 0.1) is 13.2 Å². The van der Waals surface area contributed by atoms with Gasteiger partial charge in [-0.25, -0.2) is 0 Å². The summed E-state index contributed by atoms with van der Waals surface area (Å²) in [6.07, 6.45) is 0.223. The van der Waals surface area contributed by atoms with Gasteiger partial charge in [0.25, 0.3) is 0 Å². The molecule has 1 aromatic carbocycles. The number of methoxy groups -OCH3 is 2. The second-order valence-electron chi connectivity index (χ2n) is 3.26. The molecule has 1 atom stereocenters. The molecule has 0 aliphatic rings. The number of hydrogen-bond acceptors (Lipinski definition) is 4. The molecule has 0 aliphatic heterocycles. The van der Waals surface area contributed by atoms with Crippen LogP contribution in [0.15, 0.2) is 23.1 Å². The summed E-state index contributed by atoms with van der Waals surface area (Å²) in [7, 11) is 3.36. The summed E-state index contributed by atoms with van der Waals surface area (Å²) in [6, 6.07) is 5.67. The van der Waals surface area contributed by atoms with Crippen molar-refractivity contribution in [2.75, 3.05) is 25.7 Å². The lowest BCUT2D eigenvalue weighted by Gasteiger charge is -2.11. The highest BCUT2D eigenvalue weighted by molar-refractivity contribution is 7.99. The molecule has 4 heteroatoms. The third-order valence-corrected chi connectivity index (χ3v) is 3.40. The van der Waals surface area contributed by atoms with Crippen LogP contribution in [0.1, 0.15) is 6.92 Å². The van der Waals surface area contributed by atoms with E-state index in [9.17, 15) is 0 Å². The quantitative estimate of drug-likeness (QED) is 0.619. The lowest BCUT2D eigenvalue weighted by atomic mass is 10.3. The molecule has 84 valence electrons. The summed E-state index contributed by atoms with van der Waals surface area (Å²) in [6.45, 7) is 2.03. The smallest absolute Gasteiger partial charge is 0.120 e. The Hall–Kier alpha value is -0.870. The number of ether oxygens (including phenoxy) is 2. The molecule has 0 fully saturated rings. The molecule has 3 nitrogen and oxygen atoms in total. The van der Waals surface area contributed by atoms with Crippen molar-refractivity contribution in [3.63, 3.8) is 0 Å². The Morgan fingerprint density at radius 2 is 2.13 bits per heavy atom. The minimum atomic E-state index is 0.223. The molecule has 2 N–H and O–H groups in total. The monoisotopic (exact) mass is 227 g/mol. The normalized spacial score (nSPS) is 12.5. The van der Waals surface area contributed by atoms with Crippen molar-refractivity contribution in [3.05, 3.63) is 18.2 Å². The van der Waals surface area contributed by atoms with Crippen molar-refractivity contribution >= 4 is 17.4 Å². The highest BCUT2D eigenvalue weighted by Crippen LogP contribution is 2.29. The SMILES string of the molecule is COc1ccc(N)c(SCC(C)OC)c1. The second-order valence-corrected chi connectivity index (χ2v) is 4.32. The predicted molar refractivity (Wildman–Crippen MR) is 64.6 cm³/mol. The molecule has 0 saturated heterocycles. The zero-order valence-corrected chi connectivity index (χ0v) is 10.1. The minimum absolute atomic E-state index is 0.223. The van der Waals surface area contributed by atoms with Gasteiger partial charge in [0.2, 0.25) is 0 Å². The van der Waals surface area contributed by atoms with Gasteiger partial charge in [-0.1, -0.05) is 0 Å². The fraction of sp³-hybridized carbons (Fsp3) is 0.455. The van der Waals surface area contributed by atoms with Crippen LogP contribution < -0.4 is 10.5 Å². The fourth-order valence-corrected chi connectivity index (χ4v) is 2.03. The number of rotatable bonds is 5. The first-order valence-corrected chi connectivity index (χ1v) is 5.75. The molecular weight excluding hydrogens is 210 g/mol. The van der Waals surface area contributed by atoms with Crippen LogP contribution in [0.5, 0.6) is 5.75 Å². The number of benzene rings is 1. The number of anilines is 1. The van der Waals surface area contributed by atoms with Crippen molar-refractivity contribution in [3.8, 4) is 5.75 Å². The van der Waals surface area contributed by atoms with Gasteiger partial charge in [-0.2, -0.15) is 0 Å². The lowest BCUT2D eigenvalue weighted by molar-refractivity contribution is 0.138. The molecule has 0 saturated carbocycles. The van der Waals surface area contributed by atoms with Crippen LogP contribution in [-0.4, -0.2) is 26.1 Å². The summed E-state index contributed by atoms with van der Waals surface area (Å²) in [5.74, 6) is 1.71. The molecule has 1 aromatic rings. The van der Waals surface area contributed by atoms with E-state index in [0.29, 0.717) is 0 Å². The maximum atomic E-state index is 5.85. The Kier molecular flexibility index (Phi) is 4.78. The van der Waals surface area contributed by atoms with E-state index >= 15 is 0 Å². The average Bonchev–Trinajstić information content (AvgIpc) is 2.27. The molecule has 0 spiro atoms. The van der Waals surface area contributed by atoms with Crippen LogP contribution in [0.3, 0.4) is 0 Å². The maximum absolute atomic E-state index is 5.85. The van der Waals surface area contributed by atoms with E-state index in [1.807, 2.05) is 25.1 Å².